The van der Waals surface area contributed by atoms with Crippen LogP contribution in [0.1, 0.15) is 24.1 Å². The molecule has 0 atom stereocenters. The molecule has 0 radical (unpaired) electrons. The van der Waals surface area contributed by atoms with Crippen LogP contribution in [0.2, 0.25) is 0 Å². The first-order valence-electron chi connectivity index (χ1n) is 7.20. The van der Waals surface area contributed by atoms with Crippen LogP contribution in [0, 0.1) is 0 Å². The van der Waals surface area contributed by atoms with Crippen molar-refractivity contribution >= 4 is 5.69 Å². The van der Waals surface area contributed by atoms with Crippen molar-refractivity contribution in [1.29, 1.82) is 0 Å². The quantitative estimate of drug-likeness (QED) is 0.904. The molecule has 0 saturated carbocycles. The summed E-state index contributed by atoms with van der Waals surface area (Å²) in [4.78, 5) is 2.52. The molecule has 1 aromatic carbocycles. The maximum Gasteiger partial charge on any atom is 0.102 e. The Morgan fingerprint density at radius 1 is 1.25 bits per heavy atom. The van der Waals surface area contributed by atoms with Gasteiger partial charge < -0.3 is 5.32 Å². The third-order valence-corrected chi connectivity index (χ3v) is 3.66. The molecule has 0 spiro atoms. The van der Waals surface area contributed by atoms with Gasteiger partial charge in [0, 0.05) is 25.5 Å². The van der Waals surface area contributed by atoms with E-state index in [-0.39, 0.29) is 0 Å². The number of hydrogen-bond acceptors (Lipinski definition) is 4. The lowest BCUT2D eigenvalue weighted by Crippen LogP contribution is -2.18. The van der Waals surface area contributed by atoms with E-state index < -0.39 is 0 Å². The highest BCUT2D eigenvalue weighted by atomic mass is 15.4. The molecular formula is C15H21N5. The van der Waals surface area contributed by atoms with Gasteiger partial charge in [-0.25, -0.2) is 0 Å². The van der Waals surface area contributed by atoms with Gasteiger partial charge in [0.15, 0.2) is 0 Å². The van der Waals surface area contributed by atoms with Crippen molar-refractivity contribution in [2.24, 2.45) is 7.05 Å². The van der Waals surface area contributed by atoms with Crippen LogP contribution in [-0.2, 0) is 20.1 Å². The van der Waals surface area contributed by atoms with E-state index >= 15 is 0 Å². The molecule has 20 heavy (non-hydrogen) atoms. The first kappa shape index (κ1) is 13.1. The van der Waals surface area contributed by atoms with Gasteiger partial charge in [0.1, 0.15) is 5.69 Å². The highest BCUT2D eigenvalue weighted by Crippen LogP contribution is 2.16. The van der Waals surface area contributed by atoms with E-state index in [4.69, 9.17) is 0 Å². The maximum atomic E-state index is 4.08. The fraction of sp³-hybridized carbons (Fsp3) is 0.467. The second kappa shape index (κ2) is 6.05. The normalized spacial score (nSPS) is 15.7. The Balaban J connectivity index is 1.58. The summed E-state index contributed by atoms with van der Waals surface area (Å²) < 4.78 is 1.72. The Labute approximate surface area is 119 Å². The molecule has 0 aliphatic carbocycles. The Kier molecular flexibility index (Phi) is 3.97. The van der Waals surface area contributed by atoms with Crippen LogP contribution in [0.3, 0.4) is 0 Å². The second-order valence-corrected chi connectivity index (χ2v) is 5.42. The molecule has 3 rings (SSSR count). The number of anilines is 1. The molecule has 1 N–H and O–H groups in total. The van der Waals surface area contributed by atoms with Crippen LogP contribution in [0.25, 0.3) is 0 Å². The van der Waals surface area contributed by atoms with Crippen molar-refractivity contribution in [3.05, 3.63) is 41.7 Å². The third-order valence-electron chi connectivity index (χ3n) is 3.66. The van der Waals surface area contributed by atoms with Gasteiger partial charge in [-0.05, 0) is 43.6 Å². The van der Waals surface area contributed by atoms with Crippen molar-refractivity contribution in [2.75, 3.05) is 18.4 Å². The van der Waals surface area contributed by atoms with Crippen LogP contribution in [0.15, 0.2) is 30.5 Å². The fourth-order valence-electron chi connectivity index (χ4n) is 2.65. The Bertz CT molecular complexity index is 557. The first-order chi connectivity index (χ1) is 9.79. The maximum absolute atomic E-state index is 4.08. The molecule has 1 aliphatic rings. The molecule has 1 aliphatic heterocycles. The average Bonchev–Trinajstić information content (AvgIpc) is 3.09. The highest BCUT2D eigenvalue weighted by molar-refractivity contribution is 5.45. The molecule has 106 valence electrons. The number of nitrogens with zero attached hydrogens (tertiary/aromatic N) is 4. The van der Waals surface area contributed by atoms with Crippen molar-refractivity contribution in [2.45, 2.75) is 25.9 Å². The first-order valence-corrected chi connectivity index (χ1v) is 7.20. The molecule has 0 unspecified atom stereocenters. The molecule has 2 aromatic rings. The molecule has 0 bridgehead atoms. The van der Waals surface area contributed by atoms with Crippen LogP contribution in [0.5, 0.6) is 0 Å². The third kappa shape index (κ3) is 3.36. The van der Waals surface area contributed by atoms with Crippen LogP contribution in [0.4, 0.5) is 5.69 Å². The SMILES string of the molecule is Cn1cc(CNc2cccc(CN3CCCC3)c2)nn1. The van der Waals surface area contributed by atoms with Crippen LogP contribution in [-0.4, -0.2) is 33.0 Å². The summed E-state index contributed by atoms with van der Waals surface area (Å²) in [5.74, 6) is 0. The van der Waals surface area contributed by atoms with Gasteiger partial charge in [-0.1, -0.05) is 17.3 Å². The lowest BCUT2D eigenvalue weighted by molar-refractivity contribution is 0.331. The van der Waals surface area contributed by atoms with Gasteiger partial charge in [0.25, 0.3) is 0 Å². The van der Waals surface area contributed by atoms with Gasteiger partial charge >= 0.3 is 0 Å². The monoisotopic (exact) mass is 271 g/mol. The number of hydrogen-bond donors (Lipinski definition) is 1. The minimum atomic E-state index is 0.709. The lowest BCUT2D eigenvalue weighted by atomic mass is 10.2. The topological polar surface area (TPSA) is 46.0 Å². The molecule has 1 fully saturated rings. The predicted octanol–water partition coefficient (Wildman–Crippen LogP) is 2.02. The summed E-state index contributed by atoms with van der Waals surface area (Å²) >= 11 is 0. The van der Waals surface area contributed by atoms with E-state index in [2.05, 4.69) is 44.8 Å². The number of aromatic nitrogens is 3. The van der Waals surface area contributed by atoms with Crippen molar-refractivity contribution in [1.82, 2.24) is 19.9 Å². The molecule has 5 nitrogen and oxygen atoms in total. The van der Waals surface area contributed by atoms with Crippen LogP contribution < -0.4 is 5.32 Å². The summed E-state index contributed by atoms with van der Waals surface area (Å²) in [5, 5.41) is 11.4. The largest absolute Gasteiger partial charge is 0.379 e. The summed E-state index contributed by atoms with van der Waals surface area (Å²) in [6.45, 7) is 4.23. The minimum Gasteiger partial charge on any atom is -0.379 e. The van der Waals surface area contributed by atoms with E-state index in [9.17, 15) is 0 Å². The Morgan fingerprint density at radius 3 is 2.85 bits per heavy atom. The van der Waals surface area contributed by atoms with Crippen molar-refractivity contribution < 1.29 is 0 Å². The smallest absolute Gasteiger partial charge is 0.102 e. The van der Waals surface area contributed by atoms with E-state index in [1.165, 1.54) is 31.5 Å². The van der Waals surface area contributed by atoms with Gasteiger partial charge in [-0.15, -0.1) is 5.10 Å². The zero-order valence-electron chi connectivity index (χ0n) is 11.9. The van der Waals surface area contributed by atoms with E-state index in [1.54, 1.807) is 4.68 Å². The Morgan fingerprint density at radius 2 is 2.10 bits per heavy atom. The summed E-state index contributed by atoms with van der Waals surface area (Å²) in [5.41, 5.74) is 3.47. The number of aryl methyl sites for hydroxylation is 1. The molecule has 5 heteroatoms. The average molecular weight is 271 g/mol. The van der Waals surface area contributed by atoms with E-state index in [0.29, 0.717) is 6.54 Å². The van der Waals surface area contributed by atoms with Gasteiger partial charge in [0.2, 0.25) is 0 Å². The fourth-order valence-corrected chi connectivity index (χ4v) is 2.65. The van der Waals surface area contributed by atoms with Crippen molar-refractivity contribution in [3.8, 4) is 0 Å². The molecule has 1 saturated heterocycles. The van der Waals surface area contributed by atoms with Gasteiger partial charge in [-0.2, -0.15) is 0 Å². The summed E-state index contributed by atoms with van der Waals surface area (Å²) in [6, 6.07) is 8.65. The van der Waals surface area contributed by atoms with Crippen molar-refractivity contribution in [3.63, 3.8) is 0 Å². The lowest BCUT2D eigenvalue weighted by Gasteiger charge is -2.15. The van der Waals surface area contributed by atoms with Gasteiger partial charge in [0.05, 0.1) is 6.54 Å². The Hall–Kier alpha value is -1.88. The van der Waals surface area contributed by atoms with E-state index in [1.807, 2.05) is 13.2 Å². The highest BCUT2D eigenvalue weighted by Gasteiger charge is 2.11. The molecular weight excluding hydrogens is 250 g/mol. The standard InChI is InChI=1S/C15H21N5/c1-19-12-15(17-18-19)10-16-14-6-4-5-13(9-14)11-20-7-2-3-8-20/h4-6,9,12,16H,2-3,7-8,10-11H2,1H3. The zero-order chi connectivity index (χ0) is 13.8. The van der Waals surface area contributed by atoms with E-state index in [0.717, 1.165) is 17.9 Å². The summed E-state index contributed by atoms with van der Waals surface area (Å²) in [6.07, 6.45) is 4.61. The molecule has 2 heterocycles. The number of likely N-dealkylation sites (tertiary alicyclic amines) is 1. The van der Waals surface area contributed by atoms with Gasteiger partial charge in [-0.3, -0.25) is 9.58 Å². The zero-order valence-corrected chi connectivity index (χ0v) is 11.9. The summed E-state index contributed by atoms with van der Waals surface area (Å²) in [7, 11) is 1.88. The molecule has 0 amide bonds. The van der Waals surface area contributed by atoms with Crippen LogP contribution >= 0.6 is 0 Å². The predicted molar refractivity (Wildman–Crippen MR) is 79.3 cm³/mol. The number of nitrogens with one attached hydrogen (secondary N) is 1. The molecule has 1 aromatic heterocycles. The number of rotatable bonds is 5. The number of benzene rings is 1. The minimum absolute atomic E-state index is 0.709. The second-order valence-electron chi connectivity index (χ2n) is 5.42.